The zero-order valence-electron chi connectivity index (χ0n) is 21.2. The zero-order chi connectivity index (χ0) is 27.3. The first-order chi connectivity index (χ1) is 18.1. The second-order valence-electron chi connectivity index (χ2n) is 9.30. The summed E-state index contributed by atoms with van der Waals surface area (Å²) >= 11 is 0. The van der Waals surface area contributed by atoms with E-state index in [1.54, 1.807) is 24.3 Å². The molecule has 4 aromatic carbocycles. The Hall–Kier alpha value is -4.98. The number of benzene rings is 4. The Morgan fingerprint density at radius 2 is 0.974 bits per heavy atom. The highest BCUT2D eigenvalue weighted by Crippen LogP contribution is 2.32. The molecule has 192 valence electrons. The van der Waals surface area contributed by atoms with E-state index in [0.717, 1.165) is 16.7 Å². The van der Waals surface area contributed by atoms with Crippen LogP contribution in [0.3, 0.4) is 0 Å². The number of hydrogen-bond acceptors (Lipinski definition) is 6. The highest BCUT2D eigenvalue weighted by Gasteiger charge is 2.19. The Bertz CT molecular complexity index is 1460. The van der Waals surface area contributed by atoms with Gasteiger partial charge in [0.2, 0.25) is 0 Å². The molecule has 0 aliphatic heterocycles. The van der Waals surface area contributed by atoms with Crippen LogP contribution in [0.5, 0.6) is 23.0 Å². The molecule has 0 heterocycles. The van der Waals surface area contributed by atoms with Gasteiger partial charge in [-0.2, -0.15) is 0 Å². The molecule has 38 heavy (non-hydrogen) atoms. The molecule has 0 fully saturated rings. The fourth-order valence-corrected chi connectivity index (χ4v) is 3.99. The molecule has 0 radical (unpaired) electrons. The lowest BCUT2D eigenvalue weighted by Gasteiger charge is -2.23. The van der Waals surface area contributed by atoms with Crippen LogP contribution in [-0.4, -0.2) is 9.85 Å². The molecule has 0 aromatic heterocycles. The summed E-state index contributed by atoms with van der Waals surface area (Å²) in [6, 6.07) is 27.4. The maximum atomic E-state index is 10.8. The van der Waals surface area contributed by atoms with Gasteiger partial charge in [-0.25, -0.2) is 0 Å². The van der Waals surface area contributed by atoms with Crippen LogP contribution in [0.2, 0.25) is 0 Å². The normalized spacial score (nSPS) is 11.6. The van der Waals surface area contributed by atoms with Crippen molar-refractivity contribution < 1.29 is 19.3 Å². The van der Waals surface area contributed by atoms with Crippen LogP contribution in [0, 0.1) is 20.2 Å². The van der Waals surface area contributed by atoms with Gasteiger partial charge in [-0.15, -0.1) is 0 Å². The van der Waals surface area contributed by atoms with E-state index in [4.69, 9.17) is 9.47 Å². The van der Waals surface area contributed by atoms with E-state index in [2.05, 4.69) is 26.8 Å². The molecule has 8 nitrogen and oxygen atoms in total. The first-order valence-corrected chi connectivity index (χ1v) is 11.9. The van der Waals surface area contributed by atoms with Crippen molar-refractivity contribution in [1.29, 1.82) is 0 Å². The van der Waals surface area contributed by atoms with Crippen molar-refractivity contribution in [1.82, 2.24) is 0 Å². The largest absolute Gasteiger partial charge is 0.457 e. The van der Waals surface area contributed by atoms with Crippen molar-refractivity contribution >= 4 is 16.9 Å². The van der Waals surface area contributed by atoms with E-state index >= 15 is 0 Å². The second-order valence-corrected chi connectivity index (χ2v) is 9.30. The molecule has 0 amide bonds. The van der Waals surface area contributed by atoms with Crippen LogP contribution in [0.25, 0.3) is 5.57 Å². The molecule has 4 aromatic rings. The minimum Gasteiger partial charge on any atom is -0.457 e. The third kappa shape index (κ3) is 6.41. The van der Waals surface area contributed by atoms with Gasteiger partial charge in [-0.1, -0.05) is 44.2 Å². The van der Waals surface area contributed by atoms with Crippen molar-refractivity contribution in [2.24, 2.45) is 0 Å². The number of ether oxygens (including phenoxy) is 2. The molecule has 0 aliphatic carbocycles. The van der Waals surface area contributed by atoms with Crippen LogP contribution < -0.4 is 9.47 Å². The van der Waals surface area contributed by atoms with Gasteiger partial charge >= 0.3 is 0 Å². The number of non-ortho nitro benzene ring substituents is 2. The Morgan fingerprint density at radius 3 is 1.34 bits per heavy atom. The summed E-state index contributed by atoms with van der Waals surface area (Å²) in [6.07, 6.45) is 2.20. The summed E-state index contributed by atoms with van der Waals surface area (Å²) in [5, 5.41) is 21.6. The Labute approximate surface area is 220 Å². The molecular weight excluding hydrogens is 484 g/mol. The topological polar surface area (TPSA) is 105 Å². The fraction of sp³-hybridized carbons (Fsp3) is 0.133. The van der Waals surface area contributed by atoms with Crippen molar-refractivity contribution in [2.45, 2.75) is 26.2 Å². The van der Waals surface area contributed by atoms with Gasteiger partial charge in [0.25, 0.3) is 11.4 Å². The van der Waals surface area contributed by atoms with Crippen molar-refractivity contribution in [3.8, 4) is 23.0 Å². The summed E-state index contributed by atoms with van der Waals surface area (Å²) in [4.78, 5) is 20.7. The van der Waals surface area contributed by atoms with Crippen LogP contribution in [-0.2, 0) is 5.41 Å². The van der Waals surface area contributed by atoms with E-state index in [0.29, 0.717) is 23.0 Å². The van der Waals surface area contributed by atoms with Gasteiger partial charge in [0, 0.05) is 29.7 Å². The third-order valence-electron chi connectivity index (χ3n) is 6.05. The van der Waals surface area contributed by atoms with E-state index in [1.165, 1.54) is 24.3 Å². The molecule has 0 bridgehead atoms. The van der Waals surface area contributed by atoms with Crippen LogP contribution in [0.15, 0.2) is 103 Å². The van der Waals surface area contributed by atoms with Gasteiger partial charge in [-0.05, 0) is 72.2 Å². The van der Waals surface area contributed by atoms with Gasteiger partial charge in [0.05, 0.1) is 9.85 Å². The number of rotatable bonds is 9. The SMILES string of the molecule is CC(=CC(C)(C)c1ccc(Oc2ccc([N+](=O)[O-])cc2)cc1)c1ccc(Oc2ccc([N+](=O)[O-])cc2)cc1. The van der Waals surface area contributed by atoms with Crippen LogP contribution in [0.4, 0.5) is 11.4 Å². The lowest BCUT2D eigenvalue weighted by atomic mass is 9.82. The van der Waals surface area contributed by atoms with Crippen LogP contribution >= 0.6 is 0 Å². The number of allylic oxidation sites excluding steroid dienone is 2. The number of nitro benzene ring substituents is 2. The van der Waals surface area contributed by atoms with Gasteiger partial charge in [0.1, 0.15) is 23.0 Å². The summed E-state index contributed by atoms with van der Waals surface area (Å²) in [5.74, 6) is 2.33. The molecule has 0 atom stereocenters. The van der Waals surface area contributed by atoms with Crippen molar-refractivity contribution in [3.05, 3.63) is 134 Å². The van der Waals surface area contributed by atoms with Gasteiger partial charge in [0.15, 0.2) is 0 Å². The quantitative estimate of drug-likeness (QED) is 0.165. The summed E-state index contributed by atoms with van der Waals surface area (Å²) in [7, 11) is 0. The standard InChI is InChI=1S/C30H26N2O6/c1-21(22-4-12-26(13-5-22)37-28-16-8-24(9-17-28)31(33)34)20-30(2,3)23-6-14-27(15-7-23)38-29-18-10-25(11-19-29)32(35)36/h4-20H,1-3H3. The third-order valence-corrected chi connectivity index (χ3v) is 6.05. The van der Waals surface area contributed by atoms with Crippen LogP contribution in [0.1, 0.15) is 31.9 Å². The fourth-order valence-electron chi connectivity index (χ4n) is 3.99. The summed E-state index contributed by atoms with van der Waals surface area (Å²) in [5.41, 5.74) is 3.02. The average Bonchev–Trinajstić information content (AvgIpc) is 2.90. The Morgan fingerprint density at radius 1 is 0.632 bits per heavy atom. The molecule has 0 unspecified atom stereocenters. The first-order valence-electron chi connectivity index (χ1n) is 11.9. The highest BCUT2D eigenvalue weighted by molar-refractivity contribution is 5.66. The molecule has 4 rings (SSSR count). The molecule has 0 saturated heterocycles. The number of nitrogens with zero attached hydrogens (tertiary/aromatic N) is 2. The van der Waals surface area contributed by atoms with Crippen molar-refractivity contribution in [3.63, 3.8) is 0 Å². The van der Waals surface area contributed by atoms with E-state index in [1.807, 2.05) is 48.5 Å². The maximum absolute atomic E-state index is 10.8. The molecule has 0 spiro atoms. The summed E-state index contributed by atoms with van der Waals surface area (Å²) in [6.45, 7) is 6.32. The predicted octanol–water partition coefficient (Wildman–Crippen LogP) is 8.47. The first kappa shape index (κ1) is 26.1. The number of hydrogen-bond donors (Lipinski definition) is 0. The monoisotopic (exact) mass is 510 g/mol. The summed E-state index contributed by atoms with van der Waals surface area (Å²) < 4.78 is 11.6. The van der Waals surface area contributed by atoms with E-state index < -0.39 is 9.85 Å². The van der Waals surface area contributed by atoms with E-state index in [-0.39, 0.29) is 16.8 Å². The smallest absolute Gasteiger partial charge is 0.269 e. The van der Waals surface area contributed by atoms with Crippen molar-refractivity contribution in [2.75, 3.05) is 0 Å². The minimum absolute atomic E-state index is 0.0164. The maximum Gasteiger partial charge on any atom is 0.269 e. The molecular formula is C30H26N2O6. The Balaban J connectivity index is 1.41. The highest BCUT2D eigenvalue weighted by atomic mass is 16.6. The zero-order valence-corrected chi connectivity index (χ0v) is 21.2. The number of nitro groups is 2. The molecule has 0 N–H and O–H groups in total. The van der Waals surface area contributed by atoms with Gasteiger partial charge in [-0.3, -0.25) is 20.2 Å². The lowest BCUT2D eigenvalue weighted by Crippen LogP contribution is -2.14. The lowest BCUT2D eigenvalue weighted by molar-refractivity contribution is -0.385. The Kier molecular flexibility index (Phi) is 7.53. The minimum atomic E-state index is -0.445. The molecule has 0 saturated carbocycles. The van der Waals surface area contributed by atoms with E-state index in [9.17, 15) is 20.2 Å². The predicted molar refractivity (Wildman–Crippen MR) is 146 cm³/mol. The average molecular weight is 511 g/mol. The second kappa shape index (κ2) is 11.0. The molecule has 8 heteroatoms. The van der Waals surface area contributed by atoms with Gasteiger partial charge < -0.3 is 9.47 Å². The molecule has 0 aliphatic rings.